The Hall–Kier alpha value is -0.840. The highest BCUT2D eigenvalue weighted by Gasteiger charge is 2.07. The molecule has 2 N–H and O–H groups in total. The summed E-state index contributed by atoms with van der Waals surface area (Å²) in [6.45, 7) is 0.525. The largest absolute Gasteiger partial charge is 0.386 e. The molecule has 2 aromatic rings. The summed E-state index contributed by atoms with van der Waals surface area (Å²) < 4.78 is 1.03. The zero-order valence-corrected chi connectivity index (χ0v) is 11.0. The van der Waals surface area contributed by atoms with Crippen LogP contribution in [0, 0.1) is 0 Å². The molecule has 1 aromatic carbocycles. The molecule has 0 bridgehead atoms. The molecular weight excluding hydrogens is 286 g/mol. The summed E-state index contributed by atoms with van der Waals surface area (Å²) in [5.41, 5.74) is 1.00. The molecule has 1 aromatic heterocycles. The van der Waals surface area contributed by atoms with Crippen LogP contribution in [0.4, 0.5) is 5.69 Å². The number of anilines is 1. The van der Waals surface area contributed by atoms with E-state index in [1.54, 1.807) is 11.3 Å². The number of hydrogen-bond donors (Lipinski definition) is 2. The Balaban J connectivity index is 1.92. The average molecular weight is 298 g/mol. The van der Waals surface area contributed by atoms with Gasteiger partial charge in [-0.3, -0.25) is 0 Å². The number of benzene rings is 1. The molecular formula is C12H12BrNOS. The first-order chi connectivity index (χ1) is 7.75. The van der Waals surface area contributed by atoms with Crippen molar-refractivity contribution in [2.75, 3.05) is 11.9 Å². The number of thiophene rings is 1. The van der Waals surface area contributed by atoms with E-state index in [4.69, 9.17) is 0 Å². The third-order valence-corrected chi connectivity index (χ3v) is 3.66. The van der Waals surface area contributed by atoms with Gasteiger partial charge in [0.1, 0.15) is 6.10 Å². The van der Waals surface area contributed by atoms with Crippen molar-refractivity contribution in [3.8, 4) is 0 Å². The standard InChI is InChI=1S/C12H12BrNOS/c13-9-3-1-4-10(7-9)14-8-11(15)12-5-2-6-16-12/h1-7,11,14-15H,8H2. The fourth-order valence-corrected chi connectivity index (χ4v) is 2.51. The Labute approximate surface area is 107 Å². The molecule has 0 aliphatic heterocycles. The van der Waals surface area contributed by atoms with Crippen molar-refractivity contribution in [2.24, 2.45) is 0 Å². The zero-order valence-electron chi connectivity index (χ0n) is 8.56. The first-order valence-electron chi connectivity index (χ1n) is 4.96. The minimum Gasteiger partial charge on any atom is -0.386 e. The van der Waals surface area contributed by atoms with Gasteiger partial charge in [-0.2, -0.15) is 0 Å². The lowest BCUT2D eigenvalue weighted by atomic mass is 10.2. The van der Waals surface area contributed by atoms with Gasteiger partial charge in [-0.1, -0.05) is 28.1 Å². The van der Waals surface area contributed by atoms with Crippen LogP contribution in [0.3, 0.4) is 0 Å². The predicted molar refractivity (Wildman–Crippen MR) is 71.9 cm³/mol. The van der Waals surface area contributed by atoms with Gasteiger partial charge in [0.15, 0.2) is 0 Å². The summed E-state index contributed by atoms with van der Waals surface area (Å²) in [6, 6.07) is 11.8. The van der Waals surface area contributed by atoms with Crippen molar-refractivity contribution in [3.63, 3.8) is 0 Å². The molecule has 4 heteroatoms. The smallest absolute Gasteiger partial charge is 0.105 e. The monoisotopic (exact) mass is 297 g/mol. The third-order valence-electron chi connectivity index (χ3n) is 2.20. The Morgan fingerprint density at radius 3 is 2.88 bits per heavy atom. The molecule has 2 nitrogen and oxygen atoms in total. The van der Waals surface area contributed by atoms with Crippen LogP contribution < -0.4 is 5.32 Å². The lowest BCUT2D eigenvalue weighted by molar-refractivity contribution is 0.195. The van der Waals surface area contributed by atoms with Crippen molar-refractivity contribution in [1.29, 1.82) is 0 Å². The molecule has 0 spiro atoms. The van der Waals surface area contributed by atoms with E-state index in [-0.39, 0.29) is 0 Å². The number of nitrogens with one attached hydrogen (secondary N) is 1. The second-order valence-electron chi connectivity index (χ2n) is 3.42. The van der Waals surface area contributed by atoms with Crippen molar-refractivity contribution < 1.29 is 5.11 Å². The SMILES string of the molecule is OC(CNc1cccc(Br)c1)c1cccs1. The van der Waals surface area contributed by atoms with Gasteiger partial charge in [0, 0.05) is 21.6 Å². The van der Waals surface area contributed by atoms with Crippen LogP contribution in [-0.4, -0.2) is 11.7 Å². The highest BCUT2D eigenvalue weighted by atomic mass is 79.9. The summed E-state index contributed by atoms with van der Waals surface area (Å²) >= 11 is 4.98. The van der Waals surface area contributed by atoms with E-state index >= 15 is 0 Å². The van der Waals surface area contributed by atoms with E-state index in [1.807, 2.05) is 41.8 Å². The Morgan fingerprint density at radius 2 is 2.19 bits per heavy atom. The maximum absolute atomic E-state index is 9.88. The second-order valence-corrected chi connectivity index (χ2v) is 5.32. The van der Waals surface area contributed by atoms with Crippen LogP contribution in [0.2, 0.25) is 0 Å². The van der Waals surface area contributed by atoms with Gasteiger partial charge >= 0.3 is 0 Å². The molecule has 0 radical (unpaired) electrons. The summed E-state index contributed by atoms with van der Waals surface area (Å²) in [5, 5.41) is 15.0. The third kappa shape index (κ3) is 3.07. The maximum atomic E-state index is 9.88. The molecule has 1 heterocycles. The molecule has 0 aliphatic carbocycles. The second kappa shape index (κ2) is 5.48. The topological polar surface area (TPSA) is 32.3 Å². The fraction of sp³-hybridized carbons (Fsp3) is 0.167. The summed E-state index contributed by atoms with van der Waals surface area (Å²) in [7, 11) is 0. The molecule has 0 saturated heterocycles. The molecule has 0 fully saturated rings. The van der Waals surface area contributed by atoms with Gasteiger partial charge in [0.25, 0.3) is 0 Å². The van der Waals surface area contributed by atoms with Crippen LogP contribution in [0.15, 0.2) is 46.3 Å². The number of hydrogen-bond acceptors (Lipinski definition) is 3. The number of rotatable bonds is 4. The van der Waals surface area contributed by atoms with E-state index in [9.17, 15) is 5.11 Å². The minimum absolute atomic E-state index is 0.445. The first kappa shape index (κ1) is 11.6. The Kier molecular flexibility index (Phi) is 3.98. The summed E-state index contributed by atoms with van der Waals surface area (Å²) in [5.74, 6) is 0. The zero-order chi connectivity index (χ0) is 11.4. The maximum Gasteiger partial charge on any atom is 0.105 e. The molecule has 2 rings (SSSR count). The lowest BCUT2D eigenvalue weighted by Crippen LogP contribution is -2.10. The van der Waals surface area contributed by atoms with E-state index < -0.39 is 6.10 Å². The lowest BCUT2D eigenvalue weighted by Gasteiger charge is -2.11. The first-order valence-corrected chi connectivity index (χ1v) is 6.64. The minimum atomic E-state index is -0.445. The van der Waals surface area contributed by atoms with Crippen LogP contribution in [0.25, 0.3) is 0 Å². The molecule has 0 amide bonds. The fourth-order valence-electron chi connectivity index (χ4n) is 1.39. The molecule has 16 heavy (non-hydrogen) atoms. The number of halogens is 1. The molecule has 0 saturated carbocycles. The van der Waals surface area contributed by atoms with Gasteiger partial charge in [0.05, 0.1) is 0 Å². The summed E-state index contributed by atoms with van der Waals surface area (Å²) in [4.78, 5) is 0.988. The van der Waals surface area contributed by atoms with Gasteiger partial charge < -0.3 is 10.4 Å². The van der Waals surface area contributed by atoms with Crippen LogP contribution in [0.5, 0.6) is 0 Å². The van der Waals surface area contributed by atoms with Crippen LogP contribution in [-0.2, 0) is 0 Å². The van der Waals surface area contributed by atoms with Gasteiger partial charge in [0.2, 0.25) is 0 Å². The van der Waals surface area contributed by atoms with Crippen molar-refractivity contribution in [2.45, 2.75) is 6.10 Å². The van der Waals surface area contributed by atoms with E-state index in [1.165, 1.54) is 0 Å². The van der Waals surface area contributed by atoms with Gasteiger partial charge in [-0.05, 0) is 29.6 Å². The predicted octanol–water partition coefficient (Wildman–Crippen LogP) is 3.66. The Bertz CT molecular complexity index is 444. The Morgan fingerprint density at radius 1 is 1.31 bits per heavy atom. The molecule has 1 atom stereocenters. The highest BCUT2D eigenvalue weighted by Crippen LogP contribution is 2.20. The van der Waals surface area contributed by atoms with Crippen molar-refractivity contribution >= 4 is 33.0 Å². The normalized spacial score (nSPS) is 12.4. The summed E-state index contributed by atoms with van der Waals surface area (Å²) in [6.07, 6.45) is -0.445. The molecule has 0 aliphatic rings. The van der Waals surface area contributed by atoms with Gasteiger partial charge in [-0.15, -0.1) is 11.3 Å². The van der Waals surface area contributed by atoms with E-state index in [0.29, 0.717) is 6.54 Å². The van der Waals surface area contributed by atoms with Crippen LogP contribution in [0.1, 0.15) is 11.0 Å². The average Bonchev–Trinajstić information content (AvgIpc) is 2.79. The van der Waals surface area contributed by atoms with Crippen molar-refractivity contribution in [3.05, 3.63) is 51.1 Å². The number of aliphatic hydroxyl groups is 1. The molecule has 1 unspecified atom stereocenters. The van der Waals surface area contributed by atoms with Gasteiger partial charge in [-0.25, -0.2) is 0 Å². The van der Waals surface area contributed by atoms with Crippen molar-refractivity contribution in [1.82, 2.24) is 0 Å². The highest BCUT2D eigenvalue weighted by molar-refractivity contribution is 9.10. The molecule has 84 valence electrons. The van der Waals surface area contributed by atoms with E-state index in [2.05, 4.69) is 21.2 Å². The van der Waals surface area contributed by atoms with Crippen LogP contribution >= 0.6 is 27.3 Å². The number of aliphatic hydroxyl groups excluding tert-OH is 1. The quantitative estimate of drug-likeness (QED) is 0.903. The van der Waals surface area contributed by atoms with E-state index in [0.717, 1.165) is 15.0 Å².